The number of carboxylic acid groups (broad SMARTS) is 1. The second-order valence-electron chi connectivity index (χ2n) is 7.44. The number of hydrogen-bond acceptors (Lipinski definition) is 6. The van der Waals surface area contributed by atoms with Gasteiger partial charge in [0.25, 0.3) is 10.0 Å². The van der Waals surface area contributed by atoms with Crippen molar-refractivity contribution in [1.82, 2.24) is 5.32 Å². The first-order valence-corrected chi connectivity index (χ1v) is 11.7. The Bertz CT molecular complexity index is 1160. The van der Waals surface area contributed by atoms with Crippen LogP contribution in [-0.2, 0) is 25.0 Å². The summed E-state index contributed by atoms with van der Waals surface area (Å²) in [6.45, 7) is 2.47. The molecule has 192 valence electrons. The summed E-state index contributed by atoms with van der Waals surface area (Å²) in [7, 11) is -1.01. The SMILES string of the molecule is CCNC(=O)C1(c2ccc(NS(=O)(=O)c3cc(OC)ccc3OC)cc2)CC1.O=C(O)C(F)(F)F. The molecule has 1 amide bonds. The molecular formula is C22H25F3N2O7S. The van der Waals surface area contributed by atoms with Gasteiger partial charge in [-0.1, -0.05) is 12.1 Å². The molecule has 0 unspecified atom stereocenters. The second kappa shape index (κ2) is 10.8. The van der Waals surface area contributed by atoms with Crippen molar-refractivity contribution >= 4 is 27.6 Å². The van der Waals surface area contributed by atoms with Crippen LogP contribution in [0.3, 0.4) is 0 Å². The molecule has 0 aliphatic heterocycles. The van der Waals surface area contributed by atoms with Crippen LogP contribution in [0.1, 0.15) is 25.3 Å². The van der Waals surface area contributed by atoms with E-state index in [2.05, 4.69) is 10.0 Å². The monoisotopic (exact) mass is 518 g/mol. The summed E-state index contributed by atoms with van der Waals surface area (Å²) in [6, 6.07) is 11.5. The molecule has 1 aliphatic rings. The van der Waals surface area contributed by atoms with Gasteiger partial charge in [0.05, 0.1) is 19.6 Å². The van der Waals surface area contributed by atoms with Crippen molar-refractivity contribution in [2.75, 3.05) is 25.5 Å². The van der Waals surface area contributed by atoms with Crippen molar-refractivity contribution in [3.8, 4) is 11.5 Å². The van der Waals surface area contributed by atoms with Crippen LogP contribution >= 0.6 is 0 Å². The minimum absolute atomic E-state index is 0.0144. The zero-order valence-corrected chi connectivity index (χ0v) is 19.9. The van der Waals surface area contributed by atoms with E-state index in [0.717, 1.165) is 18.4 Å². The number of rotatable bonds is 8. The number of ether oxygens (including phenoxy) is 2. The molecule has 13 heteroatoms. The number of carbonyl (C=O) groups excluding carboxylic acids is 1. The summed E-state index contributed by atoms with van der Waals surface area (Å²) in [5.74, 6) is -2.11. The molecular weight excluding hydrogens is 493 g/mol. The van der Waals surface area contributed by atoms with Crippen LogP contribution in [-0.4, -0.2) is 52.3 Å². The topological polar surface area (TPSA) is 131 Å². The third-order valence-electron chi connectivity index (χ3n) is 5.11. The summed E-state index contributed by atoms with van der Waals surface area (Å²) >= 11 is 0. The fourth-order valence-corrected chi connectivity index (χ4v) is 4.41. The highest BCUT2D eigenvalue weighted by Crippen LogP contribution is 2.48. The number of likely N-dealkylation sites (N-methyl/N-ethyl adjacent to an activating group) is 1. The van der Waals surface area contributed by atoms with E-state index in [9.17, 15) is 26.4 Å². The molecule has 3 rings (SSSR count). The molecule has 0 aromatic heterocycles. The molecule has 0 bridgehead atoms. The maximum atomic E-state index is 12.8. The fourth-order valence-electron chi connectivity index (χ4n) is 3.16. The number of hydrogen-bond donors (Lipinski definition) is 3. The number of amides is 1. The van der Waals surface area contributed by atoms with Gasteiger partial charge in [0, 0.05) is 18.3 Å². The third-order valence-corrected chi connectivity index (χ3v) is 6.52. The van der Waals surface area contributed by atoms with Crippen molar-refractivity contribution in [1.29, 1.82) is 0 Å². The van der Waals surface area contributed by atoms with E-state index in [0.29, 0.717) is 18.0 Å². The Kier molecular flexibility index (Phi) is 8.60. The van der Waals surface area contributed by atoms with Crippen LogP contribution in [0, 0.1) is 0 Å². The Balaban J connectivity index is 0.000000540. The third kappa shape index (κ3) is 6.78. The lowest BCUT2D eigenvalue weighted by Gasteiger charge is -2.16. The quantitative estimate of drug-likeness (QED) is 0.489. The maximum absolute atomic E-state index is 12.8. The number of carbonyl (C=O) groups is 2. The zero-order valence-electron chi connectivity index (χ0n) is 19.1. The molecule has 2 aromatic carbocycles. The highest BCUT2D eigenvalue weighted by molar-refractivity contribution is 7.92. The number of nitrogens with one attached hydrogen (secondary N) is 2. The van der Waals surface area contributed by atoms with Crippen LogP contribution in [0.5, 0.6) is 11.5 Å². The molecule has 1 saturated carbocycles. The van der Waals surface area contributed by atoms with E-state index in [1.54, 1.807) is 36.4 Å². The predicted molar refractivity (Wildman–Crippen MR) is 120 cm³/mol. The van der Waals surface area contributed by atoms with Crippen molar-refractivity contribution in [3.63, 3.8) is 0 Å². The number of aliphatic carboxylic acids is 1. The fraction of sp³-hybridized carbons (Fsp3) is 0.364. The Labute approximate surface area is 200 Å². The van der Waals surface area contributed by atoms with Gasteiger partial charge in [-0.15, -0.1) is 0 Å². The van der Waals surface area contributed by atoms with Gasteiger partial charge >= 0.3 is 12.1 Å². The molecule has 9 nitrogen and oxygen atoms in total. The molecule has 3 N–H and O–H groups in total. The highest BCUT2D eigenvalue weighted by atomic mass is 32.2. The summed E-state index contributed by atoms with van der Waals surface area (Å²) in [6.07, 6.45) is -3.49. The minimum Gasteiger partial charge on any atom is -0.497 e. The largest absolute Gasteiger partial charge is 0.497 e. The Morgan fingerprint density at radius 2 is 1.63 bits per heavy atom. The van der Waals surface area contributed by atoms with Crippen molar-refractivity contribution in [2.24, 2.45) is 0 Å². The zero-order chi connectivity index (χ0) is 26.4. The lowest BCUT2D eigenvalue weighted by molar-refractivity contribution is -0.192. The van der Waals surface area contributed by atoms with Gasteiger partial charge in [-0.3, -0.25) is 9.52 Å². The van der Waals surface area contributed by atoms with E-state index in [1.165, 1.54) is 20.3 Å². The second-order valence-corrected chi connectivity index (χ2v) is 9.09. The molecule has 2 aromatic rings. The van der Waals surface area contributed by atoms with Gasteiger partial charge in [0.2, 0.25) is 5.91 Å². The number of alkyl halides is 3. The maximum Gasteiger partial charge on any atom is 0.490 e. The first-order chi connectivity index (χ1) is 16.3. The van der Waals surface area contributed by atoms with E-state index >= 15 is 0 Å². The van der Waals surface area contributed by atoms with Crippen LogP contribution in [0.4, 0.5) is 18.9 Å². The molecule has 1 fully saturated rings. The van der Waals surface area contributed by atoms with Crippen LogP contribution < -0.4 is 19.5 Å². The molecule has 35 heavy (non-hydrogen) atoms. The van der Waals surface area contributed by atoms with Gasteiger partial charge in [-0.2, -0.15) is 13.2 Å². The van der Waals surface area contributed by atoms with Gasteiger partial charge in [-0.05, 0) is 49.6 Å². The number of methoxy groups -OCH3 is 2. The van der Waals surface area contributed by atoms with Gasteiger partial charge in [0.15, 0.2) is 0 Å². The molecule has 1 aliphatic carbocycles. The number of sulfonamides is 1. The number of benzene rings is 2. The smallest absolute Gasteiger partial charge is 0.490 e. The summed E-state index contributed by atoms with van der Waals surface area (Å²) < 4.78 is 70.2. The number of halogens is 3. The number of anilines is 1. The van der Waals surface area contributed by atoms with E-state index in [4.69, 9.17) is 19.4 Å². The predicted octanol–water partition coefficient (Wildman–Crippen LogP) is 3.31. The molecule has 0 radical (unpaired) electrons. The molecule has 0 saturated heterocycles. The average Bonchev–Trinajstić information content (AvgIpc) is 3.61. The average molecular weight is 519 g/mol. The normalized spacial score (nSPS) is 14.1. The van der Waals surface area contributed by atoms with Gasteiger partial charge < -0.3 is 19.9 Å². The first kappa shape index (κ1) is 27.8. The van der Waals surface area contributed by atoms with Crippen molar-refractivity contribution < 1.29 is 45.8 Å². The molecule has 0 atom stereocenters. The van der Waals surface area contributed by atoms with Crippen molar-refractivity contribution in [3.05, 3.63) is 48.0 Å². The van der Waals surface area contributed by atoms with Gasteiger partial charge in [0.1, 0.15) is 16.4 Å². The summed E-state index contributed by atoms with van der Waals surface area (Å²) in [4.78, 5) is 21.2. The van der Waals surface area contributed by atoms with Gasteiger partial charge in [-0.25, -0.2) is 13.2 Å². The Hall–Kier alpha value is -3.48. The minimum atomic E-state index is -5.08. The summed E-state index contributed by atoms with van der Waals surface area (Å²) in [5, 5.41) is 9.99. The van der Waals surface area contributed by atoms with E-state index in [-0.39, 0.29) is 16.6 Å². The lowest BCUT2D eigenvalue weighted by Crippen LogP contribution is -2.34. The Morgan fingerprint density at radius 1 is 1.06 bits per heavy atom. The van der Waals surface area contributed by atoms with Crippen LogP contribution in [0.15, 0.2) is 47.4 Å². The Morgan fingerprint density at radius 3 is 2.06 bits per heavy atom. The highest BCUT2D eigenvalue weighted by Gasteiger charge is 2.50. The molecule has 0 heterocycles. The van der Waals surface area contributed by atoms with E-state index in [1.807, 2.05) is 6.92 Å². The summed E-state index contributed by atoms with van der Waals surface area (Å²) in [5.41, 5.74) is 0.810. The lowest BCUT2D eigenvalue weighted by atomic mass is 9.95. The number of carboxylic acids is 1. The standard InChI is InChI=1S/C20H24N2O5S.C2HF3O2/c1-4-21-19(23)20(11-12-20)14-5-7-15(8-6-14)22-28(24,25)18-13-16(26-2)9-10-17(18)27-3;3-2(4,5)1(6)7/h5-10,13,22H,4,11-12H2,1-3H3,(H,21,23);(H,6,7). The first-order valence-electron chi connectivity index (χ1n) is 10.2. The van der Waals surface area contributed by atoms with Crippen LogP contribution in [0.25, 0.3) is 0 Å². The van der Waals surface area contributed by atoms with Crippen molar-refractivity contribution in [2.45, 2.75) is 36.3 Å². The molecule has 0 spiro atoms. The van der Waals surface area contributed by atoms with Crippen LogP contribution in [0.2, 0.25) is 0 Å². The van der Waals surface area contributed by atoms with E-state index < -0.39 is 27.6 Å².